The fraction of sp³-hybridized carbons (Fsp3) is 0.176. The van der Waals surface area contributed by atoms with Crippen molar-refractivity contribution in [1.82, 2.24) is 0 Å². The molecule has 20 heavy (non-hydrogen) atoms. The summed E-state index contributed by atoms with van der Waals surface area (Å²) in [6.07, 6.45) is 3.40. The Hall–Kier alpha value is -1.44. The van der Waals surface area contributed by atoms with Crippen LogP contribution in [0, 0.1) is 0 Å². The van der Waals surface area contributed by atoms with Gasteiger partial charge in [-0.05, 0) is 41.7 Å². The highest BCUT2D eigenvalue weighted by Crippen LogP contribution is 2.42. The van der Waals surface area contributed by atoms with Crippen LogP contribution in [0.5, 0.6) is 0 Å². The maximum absolute atomic E-state index is 7.56. The van der Waals surface area contributed by atoms with E-state index < -0.39 is 0 Å². The number of allylic oxidation sites excluding steroid dienone is 1. The number of fused-ring (bicyclic) bond motifs is 1. The molecule has 0 amide bonds. The molecule has 1 unspecified atom stereocenters. The standard InChI is InChI=1S/C17H14Cl2N/c18-16-8-6-11(9-17(16)19)14-7-5-12(10-20)13-3-1-2-4-15(13)14/h1-4,6,8-10,14,20H,5,7H2/q-1. The average molecular weight is 303 g/mol. The van der Waals surface area contributed by atoms with Gasteiger partial charge in [0.05, 0.1) is 10.0 Å². The van der Waals surface area contributed by atoms with Crippen LogP contribution < -0.4 is 0 Å². The fourth-order valence-electron chi connectivity index (χ4n) is 2.91. The van der Waals surface area contributed by atoms with E-state index in [4.69, 9.17) is 28.9 Å². The van der Waals surface area contributed by atoms with Crippen LogP contribution in [0.1, 0.15) is 35.4 Å². The van der Waals surface area contributed by atoms with E-state index in [1.54, 1.807) is 0 Å². The topological polar surface area (TPSA) is 23.8 Å². The van der Waals surface area contributed by atoms with Gasteiger partial charge in [0.25, 0.3) is 0 Å². The average Bonchev–Trinajstić information content (AvgIpc) is 2.49. The minimum absolute atomic E-state index is 0.324. The summed E-state index contributed by atoms with van der Waals surface area (Å²) in [6, 6.07) is 14.2. The highest BCUT2D eigenvalue weighted by atomic mass is 35.5. The normalized spacial score (nSPS) is 19.9. The number of nitrogens with one attached hydrogen (secondary N) is 1. The zero-order chi connectivity index (χ0) is 14.1. The number of halogens is 2. The third-order valence-electron chi connectivity index (χ3n) is 3.90. The summed E-state index contributed by atoms with van der Waals surface area (Å²) < 4.78 is 0. The smallest absolute Gasteiger partial charge is 0.0595 e. The molecule has 0 aromatic heterocycles. The van der Waals surface area contributed by atoms with E-state index in [-0.39, 0.29) is 0 Å². The lowest BCUT2D eigenvalue weighted by Crippen LogP contribution is -2.10. The Morgan fingerprint density at radius 1 is 1.05 bits per heavy atom. The lowest BCUT2D eigenvalue weighted by atomic mass is 9.77. The van der Waals surface area contributed by atoms with E-state index in [1.165, 1.54) is 22.9 Å². The molecule has 3 heteroatoms. The quantitative estimate of drug-likeness (QED) is 0.589. The summed E-state index contributed by atoms with van der Waals surface area (Å²) in [5.74, 6) is 0.324. The van der Waals surface area contributed by atoms with Crippen LogP contribution in [0.25, 0.3) is 11.3 Å². The summed E-state index contributed by atoms with van der Waals surface area (Å²) >= 11 is 12.1. The minimum Gasteiger partial charge on any atom is -0.705 e. The molecule has 1 aliphatic rings. The van der Waals surface area contributed by atoms with Crippen molar-refractivity contribution >= 4 is 28.8 Å². The molecule has 0 radical (unpaired) electrons. The van der Waals surface area contributed by atoms with Crippen molar-refractivity contribution in [2.24, 2.45) is 0 Å². The molecule has 2 aromatic carbocycles. The van der Waals surface area contributed by atoms with E-state index in [0.717, 1.165) is 18.4 Å². The molecule has 0 saturated carbocycles. The van der Waals surface area contributed by atoms with Crippen LogP contribution in [0.15, 0.2) is 48.7 Å². The number of hydrogen-bond acceptors (Lipinski definition) is 0. The first kappa shape index (κ1) is 13.5. The largest absolute Gasteiger partial charge is 0.705 e. The zero-order valence-corrected chi connectivity index (χ0v) is 12.4. The highest BCUT2D eigenvalue weighted by molar-refractivity contribution is 6.42. The van der Waals surface area contributed by atoms with Gasteiger partial charge in [-0.2, -0.15) is 6.20 Å². The first-order valence-corrected chi connectivity index (χ1v) is 7.37. The Kier molecular flexibility index (Phi) is 3.73. The van der Waals surface area contributed by atoms with Gasteiger partial charge in [-0.1, -0.05) is 59.1 Å². The molecular formula is C17H14Cl2N-. The Bertz CT molecular complexity index is 676. The first-order valence-electron chi connectivity index (χ1n) is 6.61. The van der Waals surface area contributed by atoms with Crippen molar-refractivity contribution in [2.75, 3.05) is 0 Å². The molecule has 0 heterocycles. The Labute approximate surface area is 129 Å². The van der Waals surface area contributed by atoms with Gasteiger partial charge in [-0.25, -0.2) is 0 Å². The van der Waals surface area contributed by atoms with Crippen LogP contribution in [0.2, 0.25) is 10.0 Å². The molecule has 0 spiro atoms. The number of hydrogen-bond donors (Lipinski definition) is 0. The van der Waals surface area contributed by atoms with E-state index in [2.05, 4.69) is 18.2 Å². The predicted molar refractivity (Wildman–Crippen MR) is 86.3 cm³/mol. The maximum Gasteiger partial charge on any atom is 0.0595 e. The third kappa shape index (κ3) is 2.32. The molecule has 0 fully saturated rings. The summed E-state index contributed by atoms with van der Waals surface area (Å²) in [6.45, 7) is 0. The molecule has 1 atom stereocenters. The van der Waals surface area contributed by atoms with Crippen LogP contribution in [-0.2, 0) is 0 Å². The second-order valence-electron chi connectivity index (χ2n) is 5.02. The van der Waals surface area contributed by atoms with E-state index in [0.29, 0.717) is 16.0 Å². The molecule has 102 valence electrons. The molecule has 1 aliphatic carbocycles. The lowest BCUT2D eigenvalue weighted by molar-refractivity contribution is 0.711. The van der Waals surface area contributed by atoms with Gasteiger partial charge in [0.2, 0.25) is 0 Å². The van der Waals surface area contributed by atoms with Crippen LogP contribution in [0.4, 0.5) is 0 Å². The monoisotopic (exact) mass is 302 g/mol. The molecule has 0 bridgehead atoms. The summed E-state index contributed by atoms with van der Waals surface area (Å²) in [7, 11) is 0. The van der Waals surface area contributed by atoms with Gasteiger partial charge in [0, 0.05) is 5.92 Å². The molecule has 2 aromatic rings. The first-order chi connectivity index (χ1) is 9.70. The van der Waals surface area contributed by atoms with E-state index >= 15 is 0 Å². The summed E-state index contributed by atoms with van der Waals surface area (Å²) in [5.41, 5.74) is 12.3. The summed E-state index contributed by atoms with van der Waals surface area (Å²) in [5, 5.41) is 1.19. The van der Waals surface area contributed by atoms with Crippen LogP contribution >= 0.6 is 23.2 Å². The van der Waals surface area contributed by atoms with Crippen molar-refractivity contribution in [2.45, 2.75) is 18.8 Å². The van der Waals surface area contributed by atoms with Crippen molar-refractivity contribution in [1.29, 1.82) is 0 Å². The van der Waals surface area contributed by atoms with Crippen molar-refractivity contribution < 1.29 is 0 Å². The fourth-order valence-corrected chi connectivity index (χ4v) is 3.22. The second-order valence-corrected chi connectivity index (χ2v) is 5.84. The van der Waals surface area contributed by atoms with Crippen molar-refractivity contribution in [3.8, 4) is 0 Å². The van der Waals surface area contributed by atoms with E-state index in [9.17, 15) is 0 Å². The van der Waals surface area contributed by atoms with Gasteiger partial charge in [-0.3, -0.25) is 0 Å². The Balaban J connectivity index is 2.09. The highest BCUT2D eigenvalue weighted by Gasteiger charge is 2.23. The predicted octanol–water partition coefficient (Wildman–Crippen LogP) is 6.31. The number of benzene rings is 2. The molecule has 0 saturated heterocycles. The summed E-state index contributed by atoms with van der Waals surface area (Å²) in [4.78, 5) is 0. The zero-order valence-electron chi connectivity index (χ0n) is 10.9. The molecule has 0 aliphatic heterocycles. The Morgan fingerprint density at radius 3 is 2.60 bits per heavy atom. The van der Waals surface area contributed by atoms with Gasteiger partial charge in [0.1, 0.15) is 0 Å². The second kappa shape index (κ2) is 5.51. The van der Waals surface area contributed by atoms with Crippen LogP contribution in [-0.4, -0.2) is 0 Å². The van der Waals surface area contributed by atoms with Gasteiger partial charge >= 0.3 is 0 Å². The molecule has 3 rings (SSSR count). The third-order valence-corrected chi connectivity index (χ3v) is 4.64. The number of rotatable bonds is 1. The Morgan fingerprint density at radius 2 is 1.85 bits per heavy atom. The molecular weight excluding hydrogens is 289 g/mol. The van der Waals surface area contributed by atoms with Gasteiger partial charge in [-0.15, -0.1) is 0 Å². The van der Waals surface area contributed by atoms with Crippen LogP contribution in [0.3, 0.4) is 0 Å². The lowest BCUT2D eigenvalue weighted by Gasteiger charge is -2.29. The molecule has 1 nitrogen and oxygen atoms in total. The van der Waals surface area contributed by atoms with Gasteiger partial charge in [0.15, 0.2) is 0 Å². The molecule has 1 N–H and O–H groups in total. The van der Waals surface area contributed by atoms with Crippen molar-refractivity contribution in [3.63, 3.8) is 0 Å². The minimum atomic E-state index is 0.324. The SMILES string of the molecule is [NH-]C=C1CCC(c2ccc(Cl)c(Cl)c2)c2ccccc21. The van der Waals surface area contributed by atoms with Crippen molar-refractivity contribution in [3.05, 3.63) is 81.1 Å². The van der Waals surface area contributed by atoms with Gasteiger partial charge < -0.3 is 5.73 Å². The van der Waals surface area contributed by atoms with E-state index in [1.807, 2.05) is 24.3 Å². The maximum atomic E-state index is 7.56.